The number of aromatic hydroxyl groups is 1. The predicted octanol–water partition coefficient (Wildman–Crippen LogP) is 5.40. The molecule has 1 atom stereocenters. The topological polar surface area (TPSA) is 67.8 Å². The van der Waals surface area contributed by atoms with Gasteiger partial charge in [0.15, 0.2) is 11.5 Å². The third-order valence-electron chi connectivity index (χ3n) is 5.76. The summed E-state index contributed by atoms with van der Waals surface area (Å²) >= 11 is 0. The van der Waals surface area contributed by atoms with E-state index in [-0.39, 0.29) is 11.7 Å². The summed E-state index contributed by atoms with van der Waals surface area (Å²) in [7, 11) is 3.19. The van der Waals surface area contributed by atoms with E-state index in [4.69, 9.17) is 9.47 Å². The summed E-state index contributed by atoms with van der Waals surface area (Å²) in [5.74, 6) is 1.34. The van der Waals surface area contributed by atoms with Crippen LogP contribution in [0.3, 0.4) is 0 Å². The van der Waals surface area contributed by atoms with Gasteiger partial charge in [0.25, 0.3) is 0 Å². The van der Waals surface area contributed by atoms with Gasteiger partial charge in [-0.1, -0.05) is 66.7 Å². The summed E-state index contributed by atoms with van der Waals surface area (Å²) in [5, 5.41) is 15.9. The van der Waals surface area contributed by atoms with Gasteiger partial charge in [-0.15, -0.1) is 0 Å². The number of fused-ring (bicyclic) bond motifs is 1. The number of benzene rings is 4. The highest BCUT2D eigenvalue weighted by atomic mass is 16.5. The molecular weight excluding hydrogens is 414 g/mol. The molecule has 4 aromatic carbocycles. The SMILES string of the molecule is COc1ccc(CCC(=O)NC(c2ccccc2)c2c(O)ccc3ccccc23)cc1OC. The van der Waals surface area contributed by atoms with Crippen molar-refractivity contribution >= 4 is 16.7 Å². The van der Waals surface area contributed by atoms with Crippen LogP contribution in [0.4, 0.5) is 0 Å². The van der Waals surface area contributed by atoms with Crippen molar-refractivity contribution in [3.05, 3.63) is 102 Å². The molecule has 0 aromatic heterocycles. The lowest BCUT2D eigenvalue weighted by Crippen LogP contribution is -2.29. The van der Waals surface area contributed by atoms with Gasteiger partial charge in [0.05, 0.1) is 20.3 Å². The summed E-state index contributed by atoms with van der Waals surface area (Å²) in [5.41, 5.74) is 2.58. The van der Waals surface area contributed by atoms with Crippen LogP contribution in [0.2, 0.25) is 0 Å². The number of carbonyl (C=O) groups excluding carboxylic acids is 1. The fraction of sp³-hybridized carbons (Fsp3) is 0.179. The van der Waals surface area contributed by atoms with Crippen LogP contribution in [-0.4, -0.2) is 25.2 Å². The minimum Gasteiger partial charge on any atom is -0.508 e. The highest BCUT2D eigenvalue weighted by molar-refractivity contribution is 5.89. The van der Waals surface area contributed by atoms with Crippen molar-refractivity contribution in [3.63, 3.8) is 0 Å². The van der Waals surface area contributed by atoms with Gasteiger partial charge in [-0.25, -0.2) is 0 Å². The fourth-order valence-electron chi connectivity index (χ4n) is 4.08. The van der Waals surface area contributed by atoms with Crippen molar-refractivity contribution in [1.29, 1.82) is 0 Å². The second-order valence-corrected chi connectivity index (χ2v) is 7.82. The van der Waals surface area contributed by atoms with E-state index >= 15 is 0 Å². The van der Waals surface area contributed by atoms with E-state index in [0.29, 0.717) is 29.9 Å². The second kappa shape index (κ2) is 10.1. The number of aryl methyl sites for hydroxylation is 1. The smallest absolute Gasteiger partial charge is 0.221 e. The number of hydrogen-bond donors (Lipinski definition) is 2. The zero-order valence-electron chi connectivity index (χ0n) is 18.7. The van der Waals surface area contributed by atoms with Gasteiger partial charge in [0, 0.05) is 12.0 Å². The molecule has 0 spiro atoms. The number of ether oxygens (including phenoxy) is 2. The molecule has 0 aliphatic heterocycles. The predicted molar refractivity (Wildman–Crippen MR) is 130 cm³/mol. The van der Waals surface area contributed by atoms with Gasteiger partial charge in [-0.2, -0.15) is 0 Å². The number of phenols is 1. The molecule has 5 nitrogen and oxygen atoms in total. The molecule has 0 heterocycles. The van der Waals surface area contributed by atoms with E-state index in [0.717, 1.165) is 21.9 Å². The number of carbonyl (C=O) groups is 1. The molecule has 168 valence electrons. The first-order valence-corrected chi connectivity index (χ1v) is 10.9. The Kier molecular flexibility index (Phi) is 6.79. The van der Waals surface area contributed by atoms with Crippen LogP contribution < -0.4 is 14.8 Å². The Morgan fingerprint density at radius 2 is 1.61 bits per heavy atom. The van der Waals surface area contributed by atoms with Crippen LogP contribution in [0.15, 0.2) is 84.9 Å². The number of nitrogens with one attached hydrogen (secondary N) is 1. The van der Waals surface area contributed by atoms with Crippen molar-refractivity contribution in [2.24, 2.45) is 0 Å². The van der Waals surface area contributed by atoms with Crippen molar-refractivity contribution in [1.82, 2.24) is 5.32 Å². The number of methoxy groups -OCH3 is 2. The lowest BCUT2D eigenvalue weighted by atomic mass is 9.92. The molecule has 0 bridgehead atoms. The molecule has 5 heteroatoms. The first kappa shape index (κ1) is 22.2. The van der Waals surface area contributed by atoms with Gasteiger partial charge in [0.1, 0.15) is 5.75 Å². The average Bonchev–Trinajstić information content (AvgIpc) is 2.86. The lowest BCUT2D eigenvalue weighted by Gasteiger charge is -2.23. The third-order valence-corrected chi connectivity index (χ3v) is 5.76. The molecule has 4 aromatic rings. The number of hydrogen-bond acceptors (Lipinski definition) is 4. The van der Waals surface area contributed by atoms with E-state index in [2.05, 4.69) is 5.32 Å². The van der Waals surface area contributed by atoms with Gasteiger partial charge in [-0.05, 0) is 46.5 Å². The highest BCUT2D eigenvalue weighted by Crippen LogP contribution is 2.36. The molecule has 1 amide bonds. The number of amides is 1. The lowest BCUT2D eigenvalue weighted by molar-refractivity contribution is -0.121. The zero-order chi connectivity index (χ0) is 23.2. The molecule has 2 N–H and O–H groups in total. The van der Waals surface area contributed by atoms with E-state index < -0.39 is 6.04 Å². The van der Waals surface area contributed by atoms with Gasteiger partial charge in [-0.3, -0.25) is 4.79 Å². The largest absolute Gasteiger partial charge is 0.508 e. The fourth-order valence-corrected chi connectivity index (χ4v) is 4.08. The Morgan fingerprint density at radius 1 is 0.879 bits per heavy atom. The van der Waals surface area contributed by atoms with Crippen LogP contribution in [0.25, 0.3) is 10.8 Å². The van der Waals surface area contributed by atoms with Crippen LogP contribution >= 0.6 is 0 Å². The molecular formula is C28H27NO4. The van der Waals surface area contributed by atoms with E-state index in [1.807, 2.05) is 78.9 Å². The molecule has 0 aliphatic carbocycles. The van der Waals surface area contributed by atoms with Gasteiger partial charge < -0.3 is 19.9 Å². The highest BCUT2D eigenvalue weighted by Gasteiger charge is 2.22. The summed E-state index contributed by atoms with van der Waals surface area (Å²) in [6, 6.07) is 26.3. The normalized spacial score (nSPS) is 11.7. The number of rotatable bonds is 8. The molecule has 0 aliphatic rings. The Balaban J connectivity index is 1.60. The Morgan fingerprint density at radius 3 is 2.36 bits per heavy atom. The standard InChI is InChI=1S/C28H27NO4/c1-32-24-16-12-19(18-25(24)33-2)13-17-26(31)29-28(21-9-4-3-5-10-21)27-22-11-7-6-8-20(22)14-15-23(27)30/h3-12,14-16,18,28,30H,13,17H2,1-2H3,(H,29,31). The maximum absolute atomic E-state index is 13.0. The Labute approximate surface area is 193 Å². The van der Waals surface area contributed by atoms with Crippen molar-refractivity contribution in [3.8, 4) is 17.2 Å². The molecule has 0 fully saturated rings. The summed E-state index contributed by atoms with van der Waals surface area (Å²) in [4.78, 5) is 13.0. The van der Waals surface area contributed by atoms with E-state index in [1.165, 1.54) is 0 Å². The first-order chi connectivity index (χ1) is 16.1. The second-order valence-electron chi connectivity index (χ2n) is 7.82. The summed E-state index contributed by atoms with van der Waals surface area (Å²) in [6.07, 6.45) is 0.847. The Bertz CT molecular complexity index is 1250. The first-order valence-electron chi connectivity index (χ1n) is 10.9. The Hall–Kier alpha value is -3.99. The molecule has 1 unspecified atom stereocenters. The summed E-state index contributed by atoms with van der Waals surface area (Å²) in [6.45, 7) is 0. The molecule has 0 saturated carbocycles. The monoisotopic (exact) mass is 441 g/mol. The summed E-state index contributed by atoms with van der Waals surface area (Å²) < 4.78 is 10.7. The zero-order valence-corrected chi connectivity index (χ0v) is 18.7. The van der Waals surface area contributed by atoms with Crippen molar-refractivity contribution in [2.75, 3.05) is 14.2 Å². The van der Waals surface area contributed by atoms with Crippen LogP contribution in [-0.2, 0) is 11.2 Å². The van der Waals surface area contributed by atoms with Crippen molar-refractivity contribution < 1.29 is 19.4 Å². The van der Waals surface area contributed by atoms with E-state index in [1.54, 1.807) is 20.3 Å². The van der Waals surface area contributed by atoms with Crippen LogP contribution in [0.5, 0.6) is 17.2 Å². The average molecular weight is 442 g/mol. The minimum atomic E-state index is -0.477. The molecule has 0 radical (unpaired) electrons. The maximum Gasteiger partial charge on any atom is 0.221 e. The maximum atomic E-state index is 13.0. The van der Waals surface area contributed by atoms with Crippen LogP contribution in [0.1, 0.15) is 29.2 Å². The van der Waals surface area contributed by atoms with Gasteiger partial charge >= 0.3 is 0 Å². The molecule has 4 rings (SSSR count). The quantitative estimate of drug-likeness (QED) is 0.384. The molecule has 33 heavy (non-hydrogen) atoms. The van der Waals surface area contributed by atoms with Crippen LogP contribution in [0, 0.1) is 0 Å². The minimum absolute atomic E-state index is 0.106. The third kappa shape index (κ3) is 4.93. The van der Waals surface area contributed by atoms with Crippen molar-refractivity contribution in [2.45, 2.75) is 18.9 Å². The number of phenolic OH excluding ortho intramolecular Hbond substituents is 1. The van der Waals surface area contributed by atoms with E-state index in [9.17, 15) is 9.90 Å². The molecule has 0 saturated heterocycles. The van der Waals surface area contributed by atoms with Gasteiger partial charge in [0.2, 0.25) is 5.91 Å².